The Kier molecular flexibility index (Phi) is 8.62. The van der Waals surface area contributed by atoms with Crippen LogP contribution in [0.4, 0.5) is 0 Å². The van der Waals surface area contributed by atoms with E-state index in [0.717, 1.165) is 37.1 Å². The van der Waals surface area contributed by atoms with Crippen LogP contribution in [-0.4, -0.2) is 0 Å². The third-order valence-corrected chi connectivity index (χ3v) is 7.76. The zero-order chi connectivity index (χ0) is 27.8. The highest BCUT2D eigenvalue weighted by molar-refractivity contribution is 5.69. The standard InChI is InChI=1S/C39H39N/c1-4-36(40-37-20-13-19-34-18-11-12-21-38(34)39(2,3)27-26-37)29-35(32-16-9-6-10-17-32)28-30-22-24-33(25-23-30)31-14-7-5-8-15-31/h4-9,11-16,18,20-26,28-29,40H,1,10,17,19,27H2,2-3H3/b20-13-,35-28-,36-29+,37-26+. The van der Waals surface area contributed by atoms with Crippen molar-refractivity contribution in [3.05, 3.63) is 173 Å². The highest BCUT2D eigenvalue weighted by atomic mass is 14.9. The van der Waals surface area contributed by atoms with Crippen molar-refractivity contribution in [1.29, 1.82) is 0 Å². The monoisotopic (exact) mass is 521 g/mol. The highest BCUT2D eigenvalue weighted by Crippen LogP contribution is 2.32. The molecule has 1 heteroatoms. The highest BCUT2D eigenvalue weighted by Gasteiger charge is 2.22. The third kappa shape index (κ3) is 6.79. The molecule has 0 spiro atoms. The normalized spacial score (nSPS) is 19.1. The Labute approximate surface area is 240 Å². The summed E-state index contributed by atoms with van der Waals surface area (Å²) >= 11 is 0. The fraction of sp³-hybridized carbons (Fsp3) is 0.179. The largest absolute Gasteiger partial charge is 0.356 e. The quantitative estimate of drug-likeness (QED) is 0.305. The smallest absolute Gasteiger partial charge is 0.0384 e. The Morgan fingerprint density at radius 3 is 2.38 bits per heavy atom. The number of rotatable bonds is 7. The molecule has 0 unspecified atom stereocenters. The van der Waals surface area contributed by atoms with Crippen LogP contribution in [0.3, 0.4) is 0 Å². The molecule has 0 saturated heterocycles. The lowest BCUT2D eigenvalue weighted by molar-refractivity contribution is 0.528. The summed E-state index contributed by atoms with van der Waals surface area (Å²) in [6, 6.07) is 28.2. The minimum Gasteiger partial charge on any atom is -0.356 e. The topological polar surface area (TPSA) is 12.0 Å². The average molecular weight is 522 g/mol. The molecular formula is C39H39N. The van der Waals surface area contributed by atoms with E-state index in [4.69, 9.17) is 0 Å². The number of nitrogens with one attached hydrogen (secondary N) is 1. The summed E-state index contributed by atoms with van der Waals surface area (Å²) in [6.07, 6.45) is 23.9. The Bertz CT molecular complexity index is 1520. The third-order valence-electron chi connectivity index (χ3n) is 7.76. The maximum absolute atomic E-state index is 4.16. The zero-order valence-corrected chi connectivity index (χ0v) is 23.7. The Balaban J connectivity index is 1.43. The average Bonchev–Trinajstić information content (AvgIpc) is 3.05. The van der Waals surface area contributed by atoms with Gasteiger partial charge in [-0.2, -0.15) is 0 Å². The van der Waals surface area contributed by atoms with Gasteiger partial charge in [0.15, 0.2) is 0 Å². The summed E-state index contributed by atoms with van der Waals surface area (Å²) in [7, 11) is 0. The molecule has 0 fully saturated rings. The van der Waals surface area contributed by atoms with Crippen molar-refractivity contribution in [2.45, 2.75) is 44.9 Å². The van der Waals surface area contributed by atoms with Crippen LogP contribution in [-0.2, 0) is 11.8 Å². The summed E-state index contributed by atoms with van der Waals surface area (Å²) < 4.78 is 0. The van der Waals surface area contributed by atoms with Gasteiger partial charge < -0.3 is 5.32 Å². The first-order valence-electron chi connectivity index (χ1n) is 14.3. The molecule has 0 radical (unpaired) electrons. The second kappa shape index (κ2) is 12.7. The predicted octanol–water partition coefficient (Wildman–Crippen LogP) is 10.0. The molecular weight excluding hydrogens is 482 g/mol. The SMILES string of the molecule is C=C/C(=C\C(=C\c1ccc(-c2ccccc2)cc1)C1=CC=CCC1)NC1=C/CC(C)(C)c2ccccc2C/C=C\1. The summed E-state index contributed by atoms with van der Waals surface area (Å²) in [5, 5.41) is 3.68. The van der Waals surface area contributed by atoms with Crippen LogP contribution in [0.2, 0.25) is 0 Å². The molecule has 0 bridgehead atoms. The summed E-state index contributed by atoms with van der Waals surface area (Å²) in [5.74, 6) is 0. The Morgan fingerprint density at radius 2 is 1.62 bits per heavy atom. The molecule has 200 valence electrons. The second-order valence-corrected chi connectivity index (χ2v) is 11.2. The minimum absolute atomic E-state index is 0.0593. The van der Waals surface area contributed by atoms with Gasteiger partial charge in [0.05, 0.1) is 0 Å². The first-order chi connectivity index (χ1) is 19.5. The van der Waals surface area contributed by atoms with Crippen LogP contribution in [0.1, 0.15) is 49.8 Å². The molecule has 0 heterocycles. The van der Waals surface area contributed by atoms with Gasteiger partial charge >= 0.3 is 0 Å². The molecule has 1 nitrogen and oxygen atoms in total. The molecule has 0 saturated carbocycles. The van der Waals surface area contributed by atoms with Gasteiger partial charge in [0.1, 0.15) is 0 Å². The van der Waals surface area contributed by atoms with Crippen LogP contribution in [0, 0.1) is 0 Å². The first-order valence-corrected chi connectivity index (χ1v) is 14.3. The van der Waals surface area contributed by atoms with Crippen LogP contribution in [0.5, 0.6) is 0 Å². The molecule has 0 aromatic heterocycles. The van der Waals surface area contributed by atoms with Crippen LogP contribution >= 0.6 is 0 Å². The number of allylic oxidation sites excluding steroid dienone is 10. The van der Waals surface area contributed by atoms with E-state index < -0.39 is 0 Å². The van der Waals surface area contributed by atoms with Crippen molar-refractivity contribution >= 4 is 6.08 Å². The summed E-state index contributed by atoms with van der Waals surface area (Å²) in [6.45, 7) is 8.83. The lowest BCUT2D eigenvalue weighted by Crippen LogP contribution is -2.19. The number of fused-ring (bicyclic) bond motifs is 1. The van der Waals surface area contributed by atoms with Crippen molar-refractivity contribution in [2.75, 3.05) is 0 Å². The molecule has 0 aliphatic heterocycles. The van der Waals surface area contributed by atoms with Gasteiger partial charge in [-0.05, 0) is 94.4 Å². The molecule has 3 aromatic rings. The fourth-order valence-corrected chi connectivity index (χ4v) is 5.44. The van der Waals surface area contributed by atoms with E-state index in [9.17, 15) is 0 Å². The molecule has 3 aromatic carbocycles. The maximum atomic E-state index is 4.16. The summed E-state index contributed by atoms with van der Waals surface area (Å²) in [5.41, 5.74) is 11.2. The summed E-state index contributed by atoms with van der Waals surface area (Å²) in [4.78, 5) is 0. The zero-order valence-electron chi connectivity index (χ0n) is 23.7. The van der Waals surface area contributed by atoms with Gasteiger partial charge in [0.25, 0.3) is 0 Å². The van der Waals surface area contributed by atoms with Crippen molar-refractivity contribution in [3.8, 4) is 11.1 Å². The first kappa shape index (κ1) is 27.2. The van der Waals surface area contributed by atoms with E-state index in [-0.39, 0.29) is 5.41 Å². The molecule has 5 rings (SSSR count). The van der Waals surface area contributed by atoms with Crippen molar-refractivity contribution in [3.63, 3.8) is 0 Å². The maximum Gasteiger partial charge on any atom is 0.0384 e. The van der Waals surface area contributed by atoms with E-state index in [2.05, 4.69) is 153 Å². The Morgan fingerprint density at radius 1 is 0.875 bits per heavy atom. The number of hydrogen-bond donors (Lipinski definition) is 1. The second-order valence-electron chi connectivity index (χ2n) is 11.2. The molecule has 0 amide bonds. The lowest BCUT2D eigenvalue weighted by atomic mass is 9.78. The molecule has 2 aliphatic rings. The van der Waals surface area contributed by atoms with Crippen LogP contribution in [0.15, 0.2) is 157 Å². The van der Waals surface area contributed by atoms with Crippen molar-refractivity contribution in [1.82, 2.24) is 5.32 Å². The molecule has 1 N–H and O–H groups in total. The molecule has 40 heavy (non-hydrogen) atoms. The Hall–Kier alpha value is -4.36. The van der Waals surface area contributed by atoms with Gasteiger partial charge in [0.2, 0.25) is 0 Å². The van der Waals surface area contributed by atoms with E-state index in [1.807, 2.05) is 6.08 Å². The van der Waals surface area contributed by atoms with Gasteiger partial charge in [-0.25, -0.2) is 0 Å². The van der Waals surface area contributed by atoms with Gasteiger partial charge in [0, 0.05) is 11.4 Å². The number of benzene rings is 3. The van der Waals surface area contributed by atoms with Crippen molar-refractivity contribution < 1.29 is 0 Å². The van der Waals surface area contributed by atoms with Crippen molar-refractivity contribution in [2.24, 2.45) is 0 Å². The minimum atomic E-state index is 0.0593. The van der Waals surface area contributed by atoms with Gasteiger partial charge in [-0.15, -0.1) is 0 Å². The predicted molar refractivity (Wildman–Crippen MR) is 173 cm³/mol. The number of hydrogen-bond acceptors (Lipinski definition) is 1. The van der Waals surface area contributed by atoms with E-state index in [1.54, 1.807) is 0 Å². The lowest BCUT2D eigenvalue weighted by Gasteiger charge is -2.26. The van der Waals surface area contributed by atoms with E-state index in [0.29, 0.717) is 0 Å². The van der Waals surface area contributed by atoms with E-state index in [1.165, 1.54) is 39.0 Å². The fourth-order valence-electron chi connectivity index (χ4n) is 5.44. The van der Waals surface area contributed by atoms with Gasteiger partial charge in [-0.3, -0.25) is 0 Å². The van der Waals surface area contributed by atoms with Gasteiger partial charge in [-0.1, -0.05) is 130 Å². The molecule has 2 aliphatic carbocycles. The van der Waals surface area contributed by atoms with Crippen LogP contribution in [0.25, 0.3) is 17.2 Å². The van der Waals surface area contributed by atoms with Crippen LogP contribution < -0.4 is 5.32 Å². The molecule has 0 atom stereocenters. The van der Waals surface area contributed by atoms with E-state index >= 15 is 0 Å².